The zero-order chi connectivity index (χ0) is 13.9. The molecule has 0 saturated carbocycles. The van der Waals surface area contributed by atoms with E-state index < -0.39 is 18.5 Å². The molecular weight excluding hydrogens is 290 g/mol. The molecule has 0 N–H and O–H groups in total. The maximum atomic E-state index is 12.1. The van der Waals surface area contributed by atoms with Gasteiger partial charge >= 0.3 is 6.18 Å². The van der Waals surface area contributed by atoms with Crippen molar-refractivity contribution in [3.63, 3.8) is 0 Å². The van der Waals surface area contributed by atoms with Crippen LogP contribution in [0.15, 0.2) is 18.2 Å². The molecule has 0 aromatic heterocycles. The molecule has 2 nitrogen and oxygen atoms in total. The molecule has 0 unspecified atom stereocenters. The molecule has 1 aromatic rings. The summed E-state index contributed by atoms with van der Waals surface area (Å²) in [5.41, 5.74) is 0.162. The first-order valence-electron chi connectivity index (χ1n) is 4.92. The summed E-state index contributed by atoms with van der Waals surface area (Å²) >= 11 is 11.5. The first kappa shape index (κ1) is 15.3. The van der Waals surface area contributed by atoms with E-state index >= 15 is 0 Å². The fraction of sp³-hybridized carbons (Fsp3) is 0.364. The summed E-state index contributed by atoms with van der Waals surface area (Å²) in [6.07, 6.45) is -4.33. The standard InChI is InChI=1S/C11H10Cl2F3NO/c1-17(6-11(14,15)16)5-10(18)8-3-2-7(12)4-9(8)13/h2-4H,5-6H2,1H3. The minimum Gasteiger partial charge on any atom is -0.293 e. The number of carbonyl (C=O) groups excluding carboxylic acids is 1. The Morgan fingerprint density at radius 1 is 1.33 bits per heavy atom. The Bertz CT molecular complexity index is 448. The lowest BCUT2D eigenvalue weighted by molar-refractivity contribution is -0.141. The number of halogens is 5. The molecule has 18 heavy (non-hydrogen) atoms. The van der Waals surface area contributed by atoms with E-state index in [1.165, 1.54) is 25.2 Å². The lowest BCUT2D eigenvalue weighted by Gasteiger charge is -2.17. The maximum absolute atomic E-state index is 12.1. The van der Waals surface area contributed by atoms with Crippen molar-refractivity contribution in [2.24, 2.45) is 0 Å². The first-order chi connectivity index (χ1) is 8.19. The number of nitrogens with zero attached hydrogens (tertiary/aromatic N) is 1. The fourth-order valence-electron chi connectivity index (χ4n) is 1.41. The van der Waals surface area contributed by atoms with Gasteiger partial charge in [-0.1, -0.05) is 23.2 Å². The molecule has 1 aromatic carbocycles. The van der Waals surface area contributed by atoms with Crippen molar-refractivity contribution in [2.75, 3.05) is 20.1 Å². The number of ketones is 1. The fourth-order valence-corrected chi connectivity index (χ4v) is 1.92. The maximum Gasteiger partial charge on any atom is 0.401 e. The summed E-state index contributed by atoms with van der Waals surface area (Å²) in [5.74, 6) is -0.483. The Balaban J connectivity index is 2.71. The van der Waals surface area contributed by atoms with E-state index in [4.69, 9.17) is 23.2 Å². The molecule has 0 heterocycles. The Hall–Kier alpha value is -0.780. The summed E-state index contributed by atoms with van der Waals surface area (Å²) in [6.45, 7) is -1.51. The van der Waals surface area contributed by atoms with Gasteiger partial charge in [-0.15, -0.1) is 0 Å². The lowest BCUT2D eigenvalue weighted by atomic mass is 10.1. The number of benzene rings is 1. The summed E-state index contributed by atoms with van der Waals surface area (Å²) in [5, 5.41) is 0.494. The number of alkyl halides is 3. The number of Topliss-reactive ketones (excluding diaryl/α,β-unsaturated/α-hetero) is 1. The average Bonchev–Trinajstić information content (AvgIpc) is 2.13. The van der Waals surface area contributed by atoms with E-state index in [-0.39, 0.29) is 17.1 Å². The van der Waals surface area contributed by atoms with Gasteiger partial charge in [0.15, 0.2) is 5.78 Å². The van der Waals surface area contributed by atoms with Gasteiger partial charge in [0, 0.05) is 10.6 Å². The van der Waals surface area contributed by atoms with Crippen LogP contribution in [0.1, 0.15) is 10.4 Å². The molecule has 0 aliphatic rings. The predicted molar refractivity (Wildman–Crippen MR) is 64.3 cm³/mol. The van der Waals surface area contributed by atoms with Crippen molar-refractivity contribution in [2.45, 2.75) is 6.18 Å². The number of hydrogen-bond donors (Lipinski definition) is 0. The van der Waals surface area contributed by atoms with Crippen LogP contribution in [-0.4, -0.2) is 37.0 Å². The van der Waals surface area contributed by atoms with Crippen LogP contribution in [0.5, 0.6) is 0 Å². The average molecular weight is 300 g/mol. The molecule has 0 aliphatic carbocycles. The van der Waals surface area contributed by atoms with Crippen LogP contribution < -0.4 is 0 Å². The molecule has 0 radical (unpaired) electrons. The van der Waals surface area contributed by atoms with Gasteiger partial charge in [0.25, 0.3) is 0 Å². The van der Waals surface area contributed by atoms with Gasteiger partial charge in [-0.05, 0) is 25.2 Å². The van der Waals surface area contributed by atoms with Gasteiger partial charge in [0.1, 0.15) is 0 Å². The lowest BCUT2D eigenvalue weighted by Crippen LogP contribution is -2.34. The second kappa shape index (κ2) is 5.91. The van der Waals surface area contributed by atoms with Gasteiger partial charge in [-0.25, -0.2) is 0 Å². The van der Waals surface area contributed by atoms with Crippen molar-refractivity contribution in [3.05, 3.63) is 33.8 Å². The van der Waals surface area contributed by atoms with Crippen molar-refractivity contribution >= 4 is 29.0 Å². The molecule has 1 rings (SSSR count). The van der Waals surface area contributed by atoms with Crippen LogP contribution in [0.3, 0.4) is 0 Å². The summed E-state index contributed by atoms with van der Waals surface area (Å²) in [4.78, 5) is 12.6. The predicted octanol–water partition coefficient (Wildman–Crippen LogP) is 3.67. The molecule has 0 spiro atoms. The van der Waals surface area contributed by atoms with Gasteiger partial charge < -0.3 is 0 Å². The molecule has 100 valence electrons. The van der Waals surface area contributed by atoms with Crippen molar-refractivity contribution in [1.82, 2.24) is 4.90 Å². The highest BCUT2D eigenvalue weighted by atomic mass is 35.5. The zero-order valence-corrected chi connectivity index (χ0v) is 10.9. The second-order valence-electron chi connectivity index (χ2n) is 3.83. The van der Waals surface area contributed by atoms with E-state index in [0.717, 1.165) is 4.90 Å². The van der Waals surface area contributed by atoms with E-state index in [0.29, 0.717) is 5.02 Å². The highest BCUT2D eigenvalue weighted by Crippen LogP contribution is 2.22. The monoisotopic (exact) mass is 299 g/mol. The van der Waals surface area contributed by atoms with Crippen LogP contribution in [0.2, 0.25) is 10.0 Å². The quantitative estimate of drug-likeness (QED) is 0.791. The highest BCUT2D eigenvalue weighted by molar-refractivity contribution is 6.36. The summed E-state index contributed by atoms with van der Waals surface area (Å²) in [7, 11) is 1.22. The highest BCUT2D eigenvalue weighted by Gasteiger charge is 2.30. The molecule has 7 heteroatoms. The number of carbonyl (C=O) groups is 1. The van der Waals surface area contributed by atoms with Crippen molar-refractivity contribution in [3.8, 4) is 0 Å². The number of likely N-dealkylation sites (N-methyl/N-ethyl adjacent to an activating group) is 1. The second-order valence-corrected chi connectivity index (χ2v) is 4.68. The minimum absolute atomic E-state index is 0.132. The van der Waals surface area contributed by atoms with Crippen LogP contribution in [0.25, 0.3) is 0 Å². The molecule has 0 saturated heterocycles. The molecule has 0 aliphatic heterocycles. The minimum atomic E-state index is -4.33. The van der Waals surface area contributed by atoms with E-state index in [2.05, 4.69) is 0 Å². The van der Waals surface area contributed by atoms with E-state index in [1.807, 2.05) is 0 Å². The Morgan fingerprint density at radius 3 is 2.44 bits per heavy atom. The van der Waals surface area contributed by atoms with Crippen molar-refractivity contribution in [1.29, 1.82) is 0 Å². The van der Waals surface area contributed by atoms with Crippen LogP contribution in [0.4, 0.5) is 13.2 Å². The van der Waals surface area contributed by atoms with Gasteiger partial charge in [0.05, 0.1) is 18.1 Å². The smallest absolute Gasteiger partial charge is 0.293 e. The van der Waals surface area contributed by atoms with E-state index in [9.17, 15) is 18.0 Å². The SMILES string of the molecule is CN(CC(=O)c1ccc(Cl)cc1Cl)CC(F)(F)F. The van der Waals surface area contributed by atoms with Crippen LogP contribution in [0, 0.1) is 0 Å². The Kier molecular flexibility index (Phi) is 5.01. The Morgan fingerprint density at radius 2 is 1.94 bits per heavy atom. The summed E-state index contributed by atoms with van der Waals surface area (Å²) in [6, 6.07) is 4.24. The third kappa shape index (κ3) is 4.84. The summed E-state index contributed by atoms with van der Waals surface area (Å²) < 4.78 is 36.3. The zero-order valence-electron chi connectivity index (χ0n) is 9.39. The van der Waals surface area contributed by atoms with E-state index in [1.54, 1.807) is 0 Å². The largest absolute Gasteiger partial charge is 0.401 e. The molecular formula is C11H10Cl2F3NO. The van der Waals surface area contributed by atoms with Crippen LogP contribution >= 0.6 is 23.2 Å². The topological polar surface area (TPSA) is 20.3 Å². The normalized spacial score (nSPS) is 11.9. The van der Waals surface area contributed by atoms with Gasteiger partial charge in [0.2, 0.25) is 0 Å². The number of rotatable bonds is 4. The van der Waals surface area contributed by atoms with Gasteiger partial charge in [-0.2, -0.15) is 13.2 Å². The molecule has 0 amide bonds. The number of hydrogen-bond acceptors (Lipinski definition) is 2. The Labute approximate surface area is 112 Å². The molecule has 0 bridgehead atoms. The molecule has 0 atom stereocenters. The first-order valence-corrected chi connectivity index (χ1v) is 5.68. The van der Waals surface area contributed by atoms with Crippen molar-refractivity contribution < 1.29 is 18.0 Å². The third-order valence-electron chi connectivity index (χ3n) is 2.09. The van der Waals surface area contributed by atoms with Gasteiger partial charge in [-0.3, -0.25) is 9.69 Å². The molecule has 0 fully saturated rings. The third-order valence-corrected chi connectivity index (χ3v) is 2.64. The van der Waals surface area contributed by atoms with Crippen LogP contribution in [-0.2, 0) is 0 Å².